The third-order valence-electron chi connectivity index (χ3n) is 8.08. The van der Waals surface area contributed by atoms with Gasteiger partial charge in [0.2, 0.25) is 11.8 Å². The number of amides is 3. The molecule has 10 nitrogen and oxygen atoms in total. The van der Waals surface area contributed by atoms with E-state index in [1.54, 1.807) is 82.0 Å². The number of nitrogens with two attached hydrogens (primary N) is 1. The Kier molecular flexibility index (Phi) is 13.0. The molecule has 0 aliphatic rings. The largest absolute Gasteiger partial charge is 0.444 e. The molecule has 6 rings (SSSR count). The smallest absolute Gasteiger partial charge is 0.407 e. The molecule has 6 aromatic rings. The van der Waals surface area contributed by atoms with Crippen molar-refractivity contribution in [2.24, 2.45) is 5.73 Å². The summed E-state index contributed by atoms with van der Waals surface area (Å²) in [4.78, 5) is 45.9. The van der Waals surface area contributed by atoms with Crippen LogP contribution in [0.2, 0.25) is 10.0 Å². The van der Waals surface area contributed by atoms with Crippen LogP contribution in [0, 0.1) is 0 Å². The molecule has 0 bridgehead atoms. The molecule has 12 heteroatoms. The van der Waals surface area contributed by atoms with Gasteiger partial charge in [0, 0.05) is 70.1 Å². The maximum absolute atomic E-state index is 13.1. The van der Waals surface area contributed by atoms with E-state index >= 15 is 0 Å². The molecule has 0 spiro atoms. The lowest BCUT2D eigenvalue weighted by Gasteiger charge is -2.22. The van der Waals surface area contributed by atoms with Crippen molar-refractivity contribution in [1.82, 2.24) is 15.3 Å². The number of carbonyl (C=O) groups is 3. The molecular weight excluding hydrogens is 711 g/mol. The zero-order valence-corrected chi connectivity index (χ0v) is 31.0. The number of ether oxygens (including phenoxy) is 1. The molecule has 0 aliphatic heterocycles. The number of benzene rings is 4. The molecule has 2 atom stereocenters. The highest BCUT2D eigenvalue weighted by atomic mass is 35.5. The highest BCUT2D eigenvalue weighted by molar-refractivity contribution is 6.30. The van der Waals surface area contributed by atoms with Crippen LogP contribution in [0.25, 0.3) is 21.5 Å². The lowest BCUT2D eigenvalue weighted by Crippen LogP contribution is -2.37. The van der Waals surface area contributed by atoms with Crippen LogP contribution in [0.5, 0.6) is 0 Å². The van der Waals surface area contributed by atoms with Gasteiger partial charge in [-0.25, -0.2) is 4.79 Å². The van der Waals surface area contributed by atoms with Gasteiger partial charge >= 0.3 is 6.09 Å². The van der Waals surface area contributed by atoms with Gasteiger partial charge in [-0.3, -0.25) is 19.6 Å². The van der Waals surface area contributed by atoms with Gasteiger partial charge in [0.05, 0.1) is 11.8 Å². The second kappa shape index (κ2) is 17.8. The normalized spacial score (nSPS) is 12.2. The van der Waals surface area contributed by atoms with E-state index in [0.717, 1.165) is 38.4 Å². The number of hydrogen-bond donors (Lipinski definition) is 4. The average molecular weight is 752 g/mol. The number of halogens is 2. The number of aromatic nitrogens is 2. The third kappa shape index (κ3) is 11.2. The fraction of sp³-hybridized carbons (Fsp3) is 0.195. The van der Waals surface area contributed by atoms with Crippen LogP contribution in [0.15, 0.2) is 122 Å². The molecular formula is C41H40Cl2N6O4. The maximum Gasteiger partial charge on any atom is 0.407 e. The summed E-state index contributed by atoms with van der Waals surface area (Å²) in [5.41, 5.74) is 8.14. The fourth-order valence-corrected chi connectivity index (χ4v) is 5.68. The molecule has 2 aromatic heterocycles. The number of anilines is 2. The Labute approximate surface area is 318 Å². The summed E-state index contributed by atoms with van der Waals surface area (Å²) < 4.78 is 5.28. The van der Waals surface area contributed by atoms with Crippen LogP contribution in [0.3, 0.4) is 0 Å². The molecule has 0 saturated carbocycles. The van der Waals surface area contributed by atoms with Crippen molar-refractivity contribution in [2.45, 2.75) is 38.2 Å². The second-order valence-corrected chi connectivity index (χ2v) is 14.1. The second-order valence-electron chi connectivity index (χ2n) is 13.2. The van der Waals surface area contributed by atoms with Gasteiger partial charge in [0.1, 0.15) is 5.60 Å². The first-order valence-corrected chi connectivity index (χ1v) is 17.6. The van der Waals surface area contributed by atoms with E-state index in [4.69, 9.17) is 33.7 Å². The zero-order chi connectivity index (χ0) is 38.0. The lowest BCUT2D eigenvalue weighted by molar-refractivity contribution is -0.118. The predicted octanol–water partition coefficient (Wildman–Crippen LogP) is 8.70. The molecule has 0 aliphatic carbocycles. The van der Waals surface area contributed by atoms with Gasteiger partial charge < -0.3 is 26.4 Å². The third-order valence-corrected chi connectivity index (χ3v) is 8.58. The van der Waals surface area contributed by atoms with E-state index in [1.165, 1.54) is 0 Å². The van der Waals surface area contributed by atoms with Crippen molar-refractivity contribution in [1.29, 1.82) is 0 Å². The van der Waals surface area contributed by atoms with E-state index in [1.807, 2.05) is 60.7 Å². The Balaban J connectivity index is 0.000000211. The van der Waals surface area contributed by atoms with Crippen LogP contribution in [-0.4, -0.2) is 46.6 Å². The first-order valence-electron chi connectivity index (χ1n) is 16.9. The summed E-state index contributed by atoms with van der Waals surface area (Å²) in [5, 5.41) is 13.8. The summed E-state index contributed by atoms with van der Waals surface area (Å²) in [5.74, 6) is -1.42. The molecule has 0 unspecified atom stereocenters. The van der Waals surface area contributed by atoms with Gasteiger partial charge in [-0.15, -0.1) is 0 Å². The molecule has 5 N–H and O–H groups in total. The fourth-order valence-electron chi connectivity index (χ4n) is 5.43. The highest BCUT2D eigenvalue weighted by Gasteiger charge is 2.24. The zero-order valence-electron chi connectivity index (χ0n) is 29.5. The monoisotopic (exact) mass is 750 g/mol. The Morgan fingerprint density at radius 3 is 1.57 bits per heavy atom. The van der Waals surface area contributed by atoms with Crippen molar-refractivity contribution < 1.29 is 19.1 Å². The van der Waals surface area contributed by atoms with Crippen LogP contribution >= 0.6 is 23.2 Å². The summed E-state index contributed by atoms with van der Waals surface area (Å²) in [6.45, 7) is 5.66. The van der Waals surface area contributed by atoms with Crippen molar-refractivity contribution in [3.63, 3.8) is 0 Å². The summed E-state index contributed by atoms with van der Waals surface area (Å²) in [6.07, 6.45) is 6.41. The molecule has 4 aromatic carbocycles. The standard InChI is InChI=1S/C23H24ClN3O3.C18H16ClN3O/c1-23(2,3)30-22(29)26-14-20(15-4-7-18(24)8-5-15)21(28)27-19-9-6-17-13-25-11-10-16(17)12-19;19-15-4-1-12(2-5-15)17(10-20)18(23)22-16-6-3-14-11-21-8-7-13(14)9-16/h4-13,20H,14H2,1-3H3,(H,26,29)(H,27,28);1-9,11,17H,10,20H2,(H,22,23)/t20-;17-/m11/s1. The van der Waals surface area contributed by atoms with Gasteiger partial charge in [-0.1, -0.05) is 59.6 Å². The highest BCUT2D eigenvalue weighted by Crippen LogP contribution is 2.24. The van der Waals surface area contributed by atoms with Crippen LogP contribution in [-0.2, 0) is 14.3 Å². The quantitative estimate of drug-likeness (QED) is 0.116. The van der Waals surface area contributed by atoms with Crippen molar-refractivity contribution >= 4 is 74.0 Å². The molecule has 0 fully saturated rings. The lowest BCUT2D eigenvalue weighted by atomic mass is 9.98. The number of fused-ring (bicyclic) bond motifs is 2. The van der Waals surface area contributed by atoms with Gasteiger partial charge in [-0.05, 0) is 103 Å². The minimum atomic E-state index is -0.623. The van der Waals surface area contributed by atoms with E-state index in [0.29, 0.717) is 15.7 Å². The van der Waals surface area contributed by atoms with Crippen molar-refractivity contribution in [3.05, 3.63) is 143 Å². The van der Waals surface area contributed by atoms with Crippen LogP contribution in [0.4, 0.5) is 16.2 Å². The Morgan fingerprint density at radius 1 is 0.660 bits per heavy atom. The topological polar surface area (TPSA) is 148 Å². The van der Waals surface area contributed by atoms with Crippen LogP contribution < -0.4 is 21.7 Å². The number of carbonyl (C=O) groups excluding carboxylic acids is 3. The minimum Gasteiger partial charge on any atom is -0.444 e. The number of nitrogens with zero attached hydrogens (tertiary/aromatic N) is 2. The molecule has 272 valence electrons. The predicted molar refractivity (Wildman–Crippen MR) is 212 cm³/mol. The Bertz CT molecular complexity index is 2190. The number of nitrogens with one attached hydrogen (secondary N) is 3. The van der Waals surface area contributed by atoms with Gasteiger partial charge in [0.25, 0.3) is 0 Å². The SMILES string of the molecule is CC(C)(C)OC(=O)NC[C@@H](C(=O)Nc1ccc2cnccc2c1)c1ccc(Cl)cc1.NC[C@@H](C(=O)Nc1ccc2cnccc2c1)c1ccc(Cl)cc1. The van der Waals surface area contributed by atoms with E-state index in [9.17, 15) is 14.4 Å². The van der Waals surface area contributed by atoms with Gasteiger partial charge in [-0.2, -0.15) is 0 Å². The summed E-state index contributed by atoms with van der Waals surface area (Å²) in [7, 11) is 0. The Morgan fingerprint density at radius 2 is 1.11 bits per heavy atom. The number of hydrogen-bond acceptors (Lipinski definition) is 7. The minimum absolute atomic E-state index is 0.0832. The number of alkyl carbamates (subject to hydrolysis) is 1. The maximum atomic E-state index is 13.1. The average Bonchev–Trinajstić information content (AvgIpc) is 3.13. The Hall–Kier alpha value is -5.55. The van der Waals surface area contributed by atoms with Crippen molar-refractivity contribution in [2.75, 3.05) is 23.7 Å². The molecule has 53 heavy (non-hydrogen) atoms. The van der Waals surface area contributed by atoms with E-state index in [2.05, 4.69) is 25.9 Å². The first-order chi connectivity index (χ1) is 25.4. The van der Waals surface area contributed by atoms with Crippen LogP contribution in [0.1, 0.15) is 43.7 Å². The first kappa shape index (κ1) is 38.7. The van der Waals surface area contributed by atoms with E-state index in [-0.39, 0.29) is 24.9 Å². The van der Waals surface area contributed by atoms with Gasteiger partial charge in [0.15, 0.2) is 0 Å². The number of rotatable bonds is 9. The van der Waals surface area contributed by atoms with Crippen molar-refractivity contribution in [3.8, 4) is 0 Å². The molecule has 3 amide bonds. The number of pyridine rings is 2. The summed E-state index contributed by atoms with van der Waals surface area (Å²) >= 11 is 11.9. The molecule has 2 heterocycles. The molecule has 0 saturated heterocycles. The summed E-state index contributed by atoms with van der Waals surface area (Å²) in [6, 6.07) is 29.2. The molecule has 0 radical (unpaired) electrons. The van der Waals surface area contributed by atoms with E-state index < -0.39 is 23.5 Å².